The molecule has 4 nitrogen and oxygen atoms in total. The third-order valence-corrected chi connectivity index (χ3v) is 2.50. The summed E-state index contributed by atoms with van der Waals surface area (Å²) in [6.45, 7) is 1.23. The number of ether oxygens (including phenoxy) is 1. The molecule has 1 aromatic rings. The van der Waals surface area contributed by atoms with Gasteiger partial charge in [0.1, 0.15) is 5.82 Å². The van der Waals surface area contributed by atoms with Crippen LogP contribution in [0.25, 0.3) is 0 Å². The van der Waals surface area contributed by atoms with Crippen LogP contribution in [0, 0.1) is 5.82 Å². The van der Waals surface area contributed by atoms with Crippen LogP contribution in [0.3, 0.4) is 0 Å². The quantitative estimate of drug-likeness (QED) is 0.550. The van der Waals surface area contributed by atoms with Gasteiger partial charge in [0.25, 0.3) is 0 Å². The normalized spacial score (nSPS) is 10.4. The van der Waals surface area contributed by atoms with Crippen molar-refractivity contribution in [2.24, 2.45) is 0 Å². The van der Waals surface area contributed by atoms with Crippen molar-refractivity contribution >= 4 is 27.3 Å². The SMILES string of the molecule is Nc1cc(Br)c(F)cc1NCCOCCO. The zero-order chi connectivity index (χ0) is 12.0. The number of aliphatic hydroxyl groups excluding tert-OH is 1. The summed E-state index contributed by atoms with van der Waals surface area (Å²) in [7, 11) is 0. The van der Waals surface area contributed by atoms with E-state index < -0.39 is 0 Å². The van der Waals surface area contributed by atoms with E-state index in [-0.39, 0.29) is 12.4 Å². The average molecular weight is 293 g/mol. The molecular weight excluding hydrogens is 279 g/mol. The van der Waals surface area contributed by atoms with Gasteiger partial charge in [-0.25, -0.2) is 4.39 Å². The molecule has 0 heterocycles. The Morgan fingerprint density at radius 3 is 2.88 bits per heavy atom. The predicted molar refractivity (Wildman–Crippen MR) is 64.9 cm³/mol. The van der Waals surface area contributed by atoms with E-state index in [1.807, 2.05) is 0 Å². The third-order valence-electron chi connectivity index (χ3n) is 1.89. The molecule has 0 unspecified atom stereocenters. The van der Waals surface area contributed by atoms with Crippen LogP contribution in [0.2, 0.25) is 0 Å². The highest BCUT2D eigenvalue weighted by Crippen LogP contribution is 2.26. The van der Waals surface area contributed by atoms with Gasteiger partial charge in [0.2, 0.25) is 0 Å². The fourth-order valence-corrected chi connectivity index (χ4v) is 1.50. The maximum absolute atomic E-state index is 13.2. The van der Waals surface area contributed by atoms with E-state index in [0.29, 0.717) is 35.6 Å². The van der Waals surface area contributed by atoms with Gasteiger partial charge < -0.3 is 20.9 Å². The lowest BCUT2D eigenvalue weighted by Crippen LogP contribution is -2.12. The van der Waals surface area contributed by atoms with Gasteiger partial charge in [-0.15, -0.1) is 0 Å². The molecule has 6 heteroatoms. The highest BCUT2D eigenvalue weighted by atomic mass is 79.9. The van der Waals surface area contributed by atoms with E-state index >= 15 is 0 Å². The van der Waals surface area contributed by atoms with E-state index in [9.17, 15) is 4.39 Å². The molecule has 0 radical (unpaired) electrons. The molecule has 0 aliphatic rings. The van der Waals surface area contributed by atoms with Crippen LogP contribution in [0.15, 0.2) is 16.6 Å². The topological polar surface area (TPSA) is 67.5 Å². The molecule has 0 amide bonds. The Morgan fingerprint density at radius 2 is 2.19 bits per heavy atom. The second kappa shape index (κ2) is 6.67. The van der Waals surface area contributed by atoms with Crippen molar-refractivity contribution < 1.29 is 14.2 Å². The van der Waals surface area contributed by atoms with Crippen LogP contribution < -0.4 is 11.1 Å². The van der Waals surface area contributed by atoms with Gasteiger partial charge in [-0.3, -0.25) is 0 Å². The monoisotopic (exact) mass is 292 g/mol. The molecule has 4 N–H and O–H groups in total. The van der Waals surface area contributed by atoms with Gasteiger partial charge in [0.05, 0.1) is 35.7 Å². The molecule has 0 spiro atoms. The highest BCUT2D eigenvalue weighted by Gasteiger charge is 2.05. The summed E-state index contributed by atoms with van der Waals surface area (Å²) in [4.78, 5) is 0. The Hall–Kier alpha value is -0.850. The Kier molecular flexibility index (Phi) is 5.51. The Morgan fingerprint density at radius 1 is 1.44 bits per heavy atom. The highest BCUT2D eigenvalue weighted by molar-refractivity contribution is 9.10. The van der Waals surface area contributed by atoms with Crippen molar-refractivity contribution in [3.8, 4) is 0 Å². The van der Waals surface area contributed by atoms with Crippen molar-refractivity contribution in [1.29, 1.82) is 0 Å². The van der Waals surface area contributed by atoms with Gasteiger partial charge in [-0.1, -0.05) is 0 Å². The minimum atomic E-state index is -0.368. The van der Waals surface area contributed by atoms with Crippen LogP contribution >= 0.6 is 15.9 Å². The fraction of sp³-hybridized carbons (Fsp3) is 0.400. The number of aliphatic hydroxyl groups is 1. The largest absolute Gasteiger partial charge is 0.397 e. The number of nitrogens with two attached hydrogens (primary N) is 1. The number of anilines is 2. The molecule has 0 atom stereocenters. The van der Waals surface area contributed by atoms with Crippen LogP contribution in [0.1, 0.15) is 0 Å². The first-order valence-corrected chi connectivity index (χ1v) is 5.61. The standard InChI is InChI=1S/C10H14BrFN2O2/c11-7-5-9(13)10(6-8(7)12)14-1-3-16-4-2-15/h5-6,14-15H,1-4,13H2. The molecule has 16 heavy (non-hydrogen) atoms. The predicted octanol–water partition coefficient (Wildman–Crippen LogP) is 1.59. The maximum Gasteiger partial charge on any atom is 0.139 e. The zero-order valence-electron chi connectivity index (χ0n) is 8.67. The molecule has 0 fully saturated rings. The summed E-state index contributed by atoms with van der Waals surface area (Å²) in [5.74, 6) is -0.368. The lowest BCUT2D eigenvalue weighted by atomic mass is 10.2. The van der Waals surface area contributed by atoms with Crippen molar-refractivity contribution in [2.45, 2.75) is 0 Å². The minimum Gasteiger partial charge on any atom is -0.397 e. The van der Waals surface area contributed by atoms with Crippen LogP contribution in [0.4, 0.5) is 15.8 Å². The van der Waals surface area contributed by atoms with Crippen LogP contribution in [0.5, 0.6) is 0 Å². The smallest absolute Gasteiger partial charge is 0.139 e. The molecule has 0 saturated carbocycles. The molecule has 0 aliphatic heterocycles. The summed E-state index contributed by atoms with van der Waals surface area (Å²) >= 11 is 3.05. The van der Waals surface area contributed by atoms with Crippen LogP contribution in [-0.2, 0) is 4.74 Å². The van der Waals surface area contributed by atoms with Gasteiger partial charge in [0.15, 0.2) is 0 Å². The Balaban J connectivity index is 2.45. The van der Waals surface area contributed by atoms with Crippen molar-refractivity contribution in [3.63, 3.8) is 0 Å². The van der Waals surface area contributed by atoms with Crippen molar-refractivity contribution in [1.82, 2.24) is 0 Å². The van der Waals surface area contributed by atoms with Gasteiger partial charge in [0, 0.05) is 12.6 Å². The molecule has 1 rings (SSSR count). The van der Waals surface area contributed by atoms with Gasteiger partial charge >= 0.3 is 0 Å². The number of hydrogen-bond acceptors (Lipinski definition) is 4. The van der Waals surface area contributed by atoms with Gasteiger partial charge in [-0.2, -0.15) is 0 Å². The minimum absolute atomic E-state index is 0.00491. The summed E-state index contributed by atoms with van der Waals surface area (Å²) in [5, 5.41) is 11.4. The van der Waals surface area contributed by atoms with E-state index in [4.69, 9.17) is 15.6 Å². The fourth-order valence-electron chi connectivity index (χ4n) is 1.14. The first kappa shape index (κ1) is 13.2. The number of nitrogen functional groups attached to an aromatic ring is 1. The summed E-state index contributed by atoms with van der Waals surface area (Å²) < 4.78 is 18.6. The molecule has 0 saturated heterocycles. The molecule has 0 aliphatic carbocycles. The van der Waals surface area contributed by atoms with E-state index in [1.165, 1.54) is 12.1 Å². The van der Waals surface area contributed by atoms with Crippen molar-refractivity contribution in [3.05, 3.63) is 22.4 Å². The Bertz CT molecular complexity index is 350. The average Bonchev–Trinajstić information content (AvgIpc) is 2.25. The second-order valence-corrected chi connectivity index (χ2v) is 3.97. The van der Waals surface area contributed by atoms with E-state index in [1.54, 1.807) is 0 Å². The lowest BCUT2D eigenvalue weighted by molar-refractivity contribution is 0.0992. The zero-order valence-corrected chi connectivity index (χ0v) is 10.3. The molecule has 0 aromatic heterocycles. The molecular formula is C10H14BrFN2O2. The number of halogens is 2. The summed E-state index contributed by atoms with van der Waals surface area (Å²) in [6, 6.07) is 2.83. The maximum atomic E-state index is 13.2. The van der Waals surface area contributed by atoms with E-state index in [0.717, 1.165) is 0 Å². The number of benzene rings is 1. The number of rotatable bonds is 6. The summed E-state index contributed by atoms with van der Waals surface area (Å²) in [6.07, 6.45) is 0. The Labute approximate surface area is 102 Å². The first-order valence-electron chi connectivity index (χ1n) is 4.82. The third kappa shape index (κ3) is 3.96. The first-order chi connectivity index (χ1) is 7.65. The van der Waals surface area contributed by atoms with Crippen LogP contribution in [-0.4, -0.2) is 31.5 Å². The van der Waals surface area contributed by atoms with Crippen molar-refractivity contribution in [2.75, 3.05) is 37.4 Å². The number of nitrogens with one attached hydrogen (secondary N) is 1. The van der Waals surface area contributed by atoms with Gasteiger partial charge in [-0.05, 0) is 22.0 Å². The summed E-state index contributed by atoms with van der Waals surface area (Å²) in [5.41, 5.74) is 6.69. The molecule has 90 valence electrons. The lowest BCUT2D eigenvalue weighted by Gasteiger charge is -2.10. The molecule has 1 aromatic carbocycles. The number of hydrogen-bond donors (Lipinski definition) is 3. The van der Waals surface area contributed by atoms with E-state index in [2.05, 4.69) is 21.2 Å². The molecule has 0 bridgehead atoms. The second-order valence-electron chi connectivity index (χ2n) is 3.12.